The second-order valence-corrected chi connectivity index (χ2v) is 9.17. The number of hydrogen-bond acceptors (Lipinski definition) is 9. The van der Waals surface area contributed by atoms with Crippen molar-refractivity contribution in [3.05, 3.63) is 18.2 Å². The number of aliphatic carboxylic acids is 1. The van der Waals surface area contributed by atoms with Gasteiger partial charge in [0.1, 0.15) is 29.5 Å². The van der Waals surface area contributed by atoms with Gasteiger partial charge in [-0.05, 0) is 32.9 Å². The van der Waals surface area contributed by atoms with E-state index in [1.54, 1.807) is 20.8 Å². The van der Waals surface area contributed by atoms with Gasteiger partial charge < -0.3 is 40.4 Å². The Balaban J connectivity index is 1.83. The van der Waals surface area contributed by atoms with Gasteiger partial charge in [0.25, 0.3) is 5.91 Å². The highest BCUT2D eigenvalue weighted by molar-refractivity contribution is 7.99. The van der Waals surface area contributed by atoms with E-state index in [4.69, 9.17) is 15.2 Å². The Hall–Kier alpha value is -2.35. The molecule has 0 aliphatic carbocycles. The summed E-state index contributed by atoms with van der Waals surface area (Å²) in [5, 5.41) is 32.1. The molecule has 12 nitrogen and oxygen atoms in total. The molecule has 1 aliphatic heterocycles. The fraction of sp³-hybridized carbons (Fsp3) is 0.667. The smallest absolute Gasteiger partial charge is 0.408 e. The van der Waals surface area contributed by atoms with Gasteiger partial charge in [0.05, 0.1) is 12.4 Å². The normalized spacial score (nSPS) is 24.5. The van der Waals surface area contributed by atoms with Gasteiger partial charge in [-0.25, -0.2) is 14.6 Å². The standard InChI is InChI=1S/C18H28N4O8S/c1-18(2,3)30-17(28)21-9(16(26)27)4-5-31-7-11-12(23)13(24)15(29-11)22-6-10(14(19)25)20-8-22/h6,8-9,11-13,15,23-24H,4-5,7H2,1-3H3,(H2,19,25)(H,21,28)(H,26,27)/t9-,11+,12+,13+,15+/m0/s1. The predicted octanol–water partition coefficient (Wildman–Crippen LogP) is -0.298. The molecule has 1 aliphatic rings. The van der Waals surface area contributed by atoms with Gasteiger partial charge in [0.2, 0.25) is 0 Å². The fourth-order valence-corrected chi connectivity index (χ4v) is 3.90. The molecule has 0 aromatic carbocycles. The number of carboxylic acids is 1. The Morgan fingerprint density at radius 1 is 1.35 bits per heavy atom. The first kappa shape index (κ1) is 24.9. The summed E-state index contributed by atoms with van der Waals surface area (Å²) in [5.41, 5.74) is 4.41. The average Bonchev–Trinajstić information content (AvgIpc) is 3.23. The Morgan fingerprint density at radius 2 is 2.03 bits per heavy atom. The minimum absolute atomic E-state index is 0.000291. The summed E-state index contributed by atoms with van der Waals surface area (Å²) in [5.74, 6) is -1.31. The van der Waals surface area contributed by atoms with Crippen LogP contribution >= 0.6 is 11.8 Å². The van der Waals surface area contributed by atoms with Crippen molar-refractivity contribution in [1.29, 1.82) is 0 Å². The molecule has 2 heterocycles. The number of nitrogens with zero attached hydrogens (tertiary/aromatic N) is 2. The number of aromatic nitrogens is 2. The van der Waals surface area contributed by atoms with Crippen molar-refractivity contribution in [2.45, 2.75) is 63.4 Å². The van der Waals surface area contributed by atoms with Crippen LogP contribution in [0.25, 0.3) is 0 Å². The molecule has 0 bridgehead atoms. The number of ether oxygens (including phenoxy) is 2. The topological polar surface area (TPSA) is 186 Å². The zero-order chi connectivity index (χ0) is 23.3. The molecule has 2 amide bonds. The third-order valence-corrected chi connectivity index (χ3v) is 5.40. The minimum atomic E-state index is -1.25. The molecular weight excluding hydrogens is 432 g/mol. The van der Waals surface area contributed by atoms with Crippen molar-refractivity contribution in [1.82, 2.24) is 14.9 Å². The summed E-state index contributed by atoms with van der Waals surface area (Å²) in [6, 6.07) is -1.13. The number of alkyl carbamates (subject to hydrolysis) is 1. The van der Waals surface area contributed by atoms with Crippen molar-refractivity contribution >= 4 is 29.7 Å². The Kier molecular flexibility index (Phi) is 8.28. The number of aliphatic hydroxyl groups is 2. The van der Waals surface area contributed by atoms with Crippen LogP contribution in [0.2, 0.25) is 0 Å². The largest absolute Gasteiger partial charge is 0.480 e. The lowest BCUT2D eigenvalue weighted by Gasteiger charge is -2.22. The molecule has 2 rings (SSSR count). The molecule has 0 unspecified atom stereocenters. The van der Waals surface area contributed by atoms with E-state index in [2.05, 4.69) is 10.3 Å². The van der Waals surface area contributed by atoms with Gasteiger partial charge in [0, 0.05) is 11.9 Å². The summed E-state index contributed by atoms with van der Waals surface area (Å²) in [7, 11) is 0. The maximum Gasteiger partial charge on any atom is 0.408 e. The zero-order valence-corrected chi connectivity index (χ0v) is 18.2. The van der Waals surface area contributed by atoms with E-state index in [-0.39, 0.29) is 17.9 Å². The van der Waals surface area contributed by atoms with E-state index in [0.29, 0.717) is 5.75 Å². The Bertz CT molecular complexity index is 796. The van der Waals surface area contributed by atoms with Crippen LogP contribution in [0.5, 0.6) is 0 Å². The monoisotopic (exact) mass is 460 g/mol. The van der Waals surface area contributed by atoms with E-state index < -0.39 is 54.2 Å². The molecule has 1 fully saturated rings. The first-order valence-electron chi connectivity index (χ1n) is 9.54. The summed E-state index contributed by atoms with van der Waals surface area (Å²) >= 11 is 1.30. The molecule has 13 heteroatoms. The number of rotatable bonds is 9. The van der Waals surface area contributed by atoms with Gasteiger partial charge >= 0.3 is 12.1 Å². The minimum Gasteiger partial charge on any atom is -0.480 e. The van der Waals surface area contributed by atoms with Crippen molar-refractivity contribution in [2.24, 2.45) is 5.73 Å². The van der Waals surface area contributed by atoms with Crippen LogP contribution in [-0.2, 0) is 14.3 Å². The van der Waals surface area contributed by atoms with Gasteiger partial charge in [-0.2, -0.15) is 11.8 Å². The Labute approximate surface area is 183 Å². The van der Waals surface area contributed by atoms with E-state index >= 15 is 0 Å². The number of aliphatic hydroxyl groups excluding tert-OH is 2. The number of nitrogens with two attached hydrogens (primary N) is 1. The molecule has 174 valence electrons. The number of amides is 2. The maximum absolute atomic E-state index is 11.8. The van der Waals surface area contributed by atoms with Gasteiger partial charge in [-0.1, -0.05) is 0 Å². The summed E-state index contributed by atoms with van der Waals surface area (Å²) in [6.45, 7) is 5.02. The fourth-order valence-electron chi connectivity index (χ4n) is 2.82. The molecule has 1 saturated heterocycles. The molecule has 31 heavy (non-hydrogen) atoms. The number of primary amides is 1. The third kappa shape index (κ3) is 7.09. The number of hydrogen-bond donors (Lipinski definition) is 5. The molecule has 1 aromatic heterocycles. The molecule has 1 aromatic rings. The van der Waals surface area contributed by atoms with Crippen LogP contribution < -0.4 is 11.1 Å². The van der Waals surface area contributed by atoms with Crippen molar-refractivity contribution in [2.75, 3.05) is 11.5 Å². The number of carboxylic acid groups (broad SMARTS) is 1. The lowest BCUT2D eigenvalue weighted by molar-refractivity contribution is -0.139. The molecular formula is C18H28N4O8S. The lowest BCUT2D eigenvalue weighted by Crippen LogP contribution is -2.43. The van der Waals surface area contributed by atoms with Crippen LogP contribution in [0.4, 0.5) is 4.79 Å². The highest BCUT2D eigenvalue weighted by Gasteiger charge is 2.43. The second kappa shape index (κ2) is 10.3. The Morgan fingerprint density at radius 3 is 2.58 bits per heavy atom. The van der Waals surface area contributed by atoms with Gasteiger partial charge in [-0.15, -0.1) is 0 Å². The second-order valence-electron chi connectivity index (χ2n) is 8.02. The van der Waals surface area contributed by atoms with Gasteiger partial charge in [-0.3, -0.25) is 4.79 Å². The number of thioether (sulfide) groups is 1. The van der Waals surface area contributed by atoms with Crippen LogP contribution in [0.3, 0.4) is 0 Å². The lowest BCUT2D eigenvalue weighted by atomic mass is 10.1. The highest BCUT2D eigenvalue weighted by atomic mass is 32.2. The summed E-state index contributed by atoms with van der Waals surface area (Å²) in [6.07, 6.45) is -2.21. The zero-order valence-electron chi connectivity index (χ0n) is 17.4. The van der Waals surface area contributed by atoms with Crippen LogP contribution in [0, 0.1) is 0 Å². The van der Waals surface area contributed by atoms with Crippen molar-refractivity contribution < 1.29 is 39.2 Å². The summed E-state index contributed by atoms with van der Waals surface area (Å²) < 4.78 is 12.1. The first-order valence-corrected chi connectivity index (χ1v) is 10.7. The van der Waals surface area contributed by atoms with E-state index in [0.717, 1.165) is 0 Å². The molecule has 0 saturated carbocycles. The molecule has 0 radical (unpaired) electrons. The average molecular weight is 461 g/mol. The number of imidazole rings is 1. The van der Waals surface area contributed by atoms with E-state index in [1.165, 1.54) is 28.9 Å². The first-order chi connectivity index (χ1) is 14.4. The van der Waals surface area contributed by atoms with E-state index in [9.17, 15) is 29.7 Å². The van der Waals surface area contributed by atoms with Crippen LogP contribution in [-0.4, -0.2) is 84.3 Å². The predicted molar refractivity (Wildman–Crippen MR) is 109 cm³/mol. The third-order valence-electron chi connectivity index (χ3n) is 4.31. The van der Waals surface area contributed by atoms with Crippen molar-refractivity contribution in [3.63, 3.8) is 0 Å². The number of nitrogens with one attached hydrogen (secondary N) is 1. The summed E-state index contributed by atoms with van der Waals surface area (Å²) in [4.78, 5) is 38.1. The molecule has 6 N–H and O–H groups in total. The maximum atomic E-state index is 11.8. The van der Waals surface area contributed by atoms with Crippen LogP contribution in [0.15, 0.2) is 12.5 Å². The quantitative estimate of drug-likeness (QED) is 0.306. The van der Waals surface area contributed by atoms with Crippen molar-refractivity contribution in [3.8, 4) is 0 Å². The SMILES string of the molecule is CC(C)(C)OC(=O)N[C@@H](CCSC[C@H]1O[C@@H](n2cnc(C(N)=O)c2)[C@H](O)[C@@H]1O)C(=O)O. The van der Waals surface area contributed by atoms with Gasteiger partial charge in [0.15, 0.2) is 6.23 Å². The van der Waals surface area contributed by atoms with Crippen LogP contribution in [0.1, 0.15) is 43.9 Å². The molecule has 0 spiro atoms. The number of carbonyl (C=O) groups is 3. The molecule has 5 atom stereocenters. The highest BCUT2D eigenvalue weighted by Crippen LogP contribution is 2.31. The number of carbonyl (C=O) groups excluding carboxylic acids is 2. The van der Waals surface area contributed by atoms with E-state index in [1.807, 2.05) is 0 Å².